The van der Waals surface area contributed by atoms with E-state index in [1.165, 1.54) is 18.4 Å². The predicted molar refractivity (Wildman–Crippen MR) is 84.5 cm³/mol. The zero-order valence-corrected chi connectivity index (χ0v) is 13.1. The van der Waals surface area contributed by atoms with Crippen LogP contribution < -0.4 is 0 Å². The van der Waals surface area contributed by atoms with Crippen molar-refractivity contribution in [2.24, 2.45) is 0 Å². The van der Waals surface area contributed by atoms with Gasteiger partial charge in [0.05, 0.1) is 5.75 Å². The molecule has 0 radical (unpaired) electrons. The number of aromatic nitrogens is 4. The normalized spacial score (nSPS) is 14.4. The van der Waals surface area contributed by atoms with E-state index in [0.717, 1.165) is 10.7 Å². The number of thioether (sulfide) groups is 1. The molecule has 0 unspecified atom stereocenters. The van der Waals surface area contributed by atoms with E-state index in [1.54, 1.807) is 11.8 Å². The largest absolute Gasteiger partial charge is 0.334 e. The molecule has 0 N–H and O–H groups in total. The lowest BCUT2D eigenvalue weighted by Gasteiger charge is -2.03. The van der Waals surface area contributed by atoms with Crippen LogP contribution in [0.4, 0.5) is 0 Å². The number of imidazole rings is 1. The topological polar surface area (TPSA) is 56.7 Å². The Labute approximate surface area is 132 Å². The van der Waals surface area contributed by atoms with Crippen molar-refractivity contribution in [2.75, 3.05) is 0 Å². The average Bonchev–Trinajstić information content (AvgIpc) is 3.08. The van der Waals surface area contributed by atoms with Crippen LogP contribution in [0.5, 0.6) is 0 Å². The van der Waals surface area contributed by atoms with Crippen molar-refractivity contribution in [2.45, 2.75) is 36.7 Å². The summed E-state index contributed by atoms with van der Waals surface area (Å²) in [6, 6.07) is 8.71. The molecule has 3 aromatic rings. The molecule has 4 rings (SSSR count). The Morgan fingerprint density at radius 1 is 1.36 bits per heavy atom. The molecular formula is C16H16N4OS. The average molecular weight is 312 g/mol. The molecule has 0 bridgehead atoms. The number of nitrogens with zero attached hydrogens (tertiary/aromatic N) is 4. The fraction of sp³-hybridized carbons (Fsp3) is 0.312. The molecule has 1 aliphatic rings. The van der Waals surface area contributed by atoms with Crippen molar-refractivity contribution >= 4 is 11.8 Å². The van der Waals surface area contributed by atoms with Gasteiger partial charge in [0.25, 0.3) is 5.89 Å². The van der Waals surface area contributed by atoms with Gasteiger partial charge in [-0.3, -0.25) is 0 Å². The summed E-state index contributed by atoms with van der Waals surface area (Å²) < 4.78 is 7.61. The highest BCUT2D eigenvalue weighted by Gasteiger charge is 2.25. The van der Waals surface area contributed by atoms with E-state index < -0.39 is 0 Å². The molecule has 5 nitrogen and oxygen atoms in total. The van der Waals surface area contributed by atoms with Crippen molar-refractivity contribution in [1.82, 2.24) is 19.7 Å². The van der Waals surface area contributed by atoms with Gasteiger partial charge in [-0.05, 0) is 31.9 Å². The van der Waals surface area contributed by atoms with Gasteiger partial charge < -0.3 is 9.09 Å². The molecule has 1 saturated carbocycles. The van der Waals surface area contributed by atoms with E-state index in [1.807, 2.05) is 37.4 Å². The lowest BCUT2D eigenvalue weighted by Crippen LogP contribution is -1.95. The van der Waals surface area contributed by atoms with Gasteiger partial charge in [-0.1, -0.05) is 34.6 Å². The second kappa shape index (κ2) is 5.61. The number of hydrogen-bond acceptors (Lipinski definition) is 5. The maximum absolute atomic E-state index is 5.36. The molecule has 6 heteroatoms. The molecule has 1 aromatic carbocycles. The summed E-state index contributed by atoms with van der Waals surface area (Å²) in [5, 5.41) is 5.10. The molecule has 0 amide bonds. The fourth-order valence-electron chi connectivity index (χ4n) is 2.38. The minimum atomic E-state index is 0.574. The molecule has 1 aliphatic carbocycles. The molecule has 22 heavy (non-hydrogen) atoms. The van der Waals surface area contributed by atoms with Gasteiger partial charge >= 0.3 is 0 Å². The second-order valence-electron chi connectivity index (χ2n) is 5.52. The smallest absolute Gasteiger partial charge is 0.257 e. The van der Waals surface area contributed by atoms with E-state index in [2.05, 4.69) is 25.9 Å². The molecule has 0 atom stereocenters. The second-order valence-corrected chi connectivity index (χ2v) is 6.46. The quantitative estimate of drug-likeness (QED) is 0.669. The first-order valence-corrected chi connectivity index (χ1v) is 8.33. The minimum absolute atomic E-state index is 0.574. The van der Waals surface area contributed by atoms with Crippen LogP contribution in [0, 0.1) is 6.92 Å². The highest BCUT2D eigenvalue weighted by Crippen LogP contribution is 2.38. The van der Waals surface area contributed by atoms with Crippen LogP contribution in [-0.4, -0.2) is 19.7 Å². The Morgan fingerprint density at radius 3 is 3.09 bits per heavy atom. The van der Waals surface area contributed by atoms with Crippen molar-refractivity contribution in [3.8, 4) is 11.5 Å². The first-order chi connectivity index (χ1) is 10.8. The molecular weight excluding hydrogens is 296 g/mol. The van der Waals surface area contributed by atoms with Gasteiger partial charge in [-0.15, -0.1) is 0 Å². The molecule has 112 valence electrons. The van der Waals surface area contributed by atoms with Crippen LogP contribution in [0.1, 0.15) is 30.3 Å². The summed E-state index contributed by atoms with van der Waals surface area (Å²) in [7, 11) is 0. The van der Waals surface area contributed by atoms with Gasteiger partial charge in [-0.25, -0.2) is 4.98 Å². The third kappa shape index (κ3) is 2.78. The Balaban J connectivity index is 1.47. The van der Waals surface area contributed by atoms with Crippen LogP contribution in [0.2, 0.25) is 0 Å². The van der Waals surface area contributed by atoms with Crippen LogP contribution >= 0.6 is 11.8 Å². The summed E-state index contributed by atoms with van der Waals surface area (Å²) in [5.74, 6) is 1.94. The van der Waals surface area contributed by atoms with Crippen molar-refractivity contribution in [3.05, 3.63) is 48.0 Å². The molecule has 1 fully saturated rings. The Morgan fingerprint density at radius 2 is 2.27 bits per heavy atom. The minimum Gasteiger partial charge on any atom is -0.334 e. The molecule has 2 aromatic heterocycles. The summed E-state index contributed by atoms with van der Waals surface area (Å²) in [5.41, 5.74) is 2.14. The van der Waals surface area contributed by atoms with E-state index in [0.29, 0.717) is 23.5 Å². The van der Waals surface area contributed by atoms with Crippen molar-refractivity contribution < 1.29 is 4.52 Å². The first kappa shape index (κ1) is 13.6. The van der Waals surface area contributed by atoms with E-state index in [4.69, 9.17) is 4.52 Å². The molecule has 2 heterocycles. The highest BCUT2D eigenvalue weighted by atomic mass is 32.2. The van der Waals surface area contributed by atoms with Crippen LogP contribution in [0.3, 0.4) is 0 Å². The van der Waals surface area contributed by atoms with Crippen LogP contribution in [-0.2, 0) is 5.75 Å². The fourth-order valence-corrected chi connectivity index (χ4v) is 3.25. The lowest BCUT2D eigenvalue weighted by molar-refractivity contribution is 0.425. The van der Waals surface area contributed by atoms with Crippen molar-refractivity contribution in [3.63, 3.8) is 0 Å². The summed E-state index contributed by atoms with van der Waals surface area (Å²) in [6.45, 7) is 2.05. The SMILES string of the molecule is Cc1cccc(-c2nc(CSc3nccn3C3CC3)no2)c1. The third-order valence-electron chi connectivity index (χ3n) is 3.64. The predicted octanol–water partition coefficient (Wildman–Crippen LogP) is 3.87. The van der Waals surface area contributed by atoms with Gasteiger partial charge in [0.1, 0.15) is 0 Å². The monoisotopic (exact) mass is 312 g/mol. The summed E-state index contributed by atoms with van der Waals surface area (Å²) >= 11 is 1.65. The summed E-state index contributed by atoms with van der Waals surface area (Å²) in [4.78, 5) is 8.88. The molecule has 0 aliphatic heterocycles. The standard InChI is InChI=1S/C16H16N4OS/c1-11-3-2-4-12(9-11)15-18-14(19-21-15)10-22-16-17-7-8-20(16)13-5-6-13/h2-4,7-9,13H,5-6,10H2,1H3. The number of benzene rings is 1. The highest BCUT2D eigenvalue weighted by molar-refractivity contribution is 7.98. The van der Waals surface area contributed by atoms with E-state index in [-0.39, 0.29) is 0 Å². The Kier molecular flexibility index (Phi) is 3.46. The lowest BCUT2D eigenvalue weighted by atomic mass is 10.1. The molecule has 0 spiro atoms. The zero-order valence-electron chi connectivity index (χ0n) is 12.3. The number of hydrogen-bond donors (Lipinski definition) is 0. The van der Waals surface area contributed by atoms with E-state index >= 15 is 0 Å². The van der Waals surface area contributed by atoms with Gasteiger partial charge in [0.15, 0.2) is 11.0 Å². The van der Waals surface area contributed by atoms with E-state index in [9.17, 15) is 0 Å². The summed E-state index contributed by atoms with van der Waals surface area (Å²) in [6.07, 6.45) is 6.41. The van der Waals surface area contributed by atoms with Gasteiger partial charge in [0.2, 0.25) is 0 Å². The maximum atomic E-state index is 5.36. The third-order valence-corrected chi connectivity index (χ3v) is 4.61. The maximum Gasteiger partial charge on any atom is 0.257 e. The van der Waals surface area contributed by atoms with Crippen molar-refractivity contribution in [1.29, 1.82) is 0 Å². The van der Waals surface area contributed by atoms with Crippen LogP contribution in [0.15, 0.2) is 46.3 Å². The number of rotatable bonds is 5. The Hall–Kier alpha value is -2.08. The van der Waals surface area contributed by atoms with Crippen LogP contribution in [0.25, 0.3) is 11.5 Å². The Bertz CT molecular complexity index is 791. The molecule has 0 saturated heterocycles. The van der Waals surface area contributed by atoms with Gasteiger partial charge in [0, 0.05) is 24.0 Å². The van der Waals surface area contributed by atoms with Gasteiger partial charge in [-0.2, -0.15) is 4.98 Å². The zero-order chi connectivity index (χ0) is 14.9. The number of aryl methyl sites for hydroxylation is 1. The first-order valence-electron chi connectivity index (χ1n) is 7.35.